The lowest BCUT2D eigenvalue weighted by atomic mass is 10.1. The molecule has 0 aliphatic rings. The van der Waals surface area contributed by atoms with Crippen LogP contribution in [0.5, 0.6) is 0 Å². The number of nitrogens with zero attached hydrogens (tertiary/aromatic N) is 2. The highest BCUT2D eigenvalue weighted by Gasteiger charge is 2.38. The molecule has 3 rings (SSSR count). The molecule has 1 atom stereocenters. The Bertz CT molecular complexity index is 981. The molecule has 26 heavy (non-hydrogen) atoms. The second-order valence-corrected chi connectivity index (χ2v) is 8.21. The minimum Gasteiger partial charge on any atom is -0.329 e. The van der Waals surface area contributed by atoms with Crippen LogP contribution in [0.15, 0.2) is 50.5 Å². The number of rotatable bonds is 5. The zero-order valence-electron chi connectivity index (χ0n) is 13.2. The van der Waals surface area contributed by atoms with Gasteiger partial charge in [0.1, 0.15) is 4.21 Å². The van der Waals surface area contributed by atoms with E-state index in [1.54, 1.807) is 30.5 Å². The van der Waals surface area contributed by atoms with Crippen LogP contribution >= 0.6 is 11.3 Å². The molecule has 0 bridgehead atoms. The zero-order valence-corrected chi connectivity index (χ0v) is 14.8. The van der Waals surface area contributed by atoms with Gasteiger partial charge in [-0.3, -0.25) is 0 Å². The number of hydrogen-bond acceptors (Lipinski definition) is 6. The average Bonchev–Trinajstić information content (AvgIpc) is 3.26. The molecule has 0 amide bonds. The molecule has 2 heterocycles. The SMILES string of the molecule is CC(NS(=O)(=O)c1cccs1)c1ccc(-c2noc(C(F)(F)F)n2)cc1. The van der Waals surface area contributed by atoms with E-state index >= 15 is 0 Å². The van der Waals surface area contributed by atoms with Gasteiger partial charge in [0.25, 0.3) is 10.0 Å². The van der Waals surface area contributed by atoms with Crippen molar-refractivity contribution in [3.63, 3.8) is 0 Å². The van der Waals surface area contributed by atoms with Crippen molar-refractivity contribution in [2.45, 2.75) is 23.4 Å². The zero-order chi connectivity index (χ0) is 18.9. The maximum Gasteiger partial charge on any atom is 0.471 e. The monoisotopic (exact) mass is 403 g/mol. The molecule has 0 saturated carbocycles. The van der Waals surface area contributed by atoms with Crippen LogP contribution in [0.4, 0.5) is 13.2 Å². The van der Waals surface area contributed by atoms with Gasteiger partial charge in [-0.1, -0.05) is 35.5 Å². The van der Waals surface area contributed by atoms with Crippen molar-refractivity contribution in [3.05, 3.63) is 53.2 Å². The van der Waals surface area contributed by atoms with Gasteiger partial charge in [-0.25, -0.2) is 13.1 Å². The van der Waals surface area contributed by atoms with Gasteiger partial charge >= 0.3 is 12.1 Å². The summed E-state index contributed by atoms with van der Waals surface area (Å²) >= 11 is 1.10. The summed E-state index contributed by atoms with van der Waals surface area (Å²) in [4.78, 5) is 3.31. The van der Waals surface area contributed by atoms with Gasteiger partial charge < -0.3 is 4.52 Å². The maximum atomic E-state index is 12.5. The minimum atomic E-state index is -4.71. The number of thiophene rings is 1. The van der Waals surface area contributed by atoms with Gasteiger partial charge in [-0.2, -0.15) is 18.2 Å². The summed E-state index contributed by atoms with van der Waals surface area (Å²) in [5.41, 5.74) is 0.953. The van der Waals surface area contributed by atoms with Crippen LogP contribution in [-0.2, 0) is 16.2 Å². The van der Waals surface area contributed by atoms with Gasteiger partial charge in [-0.05, 0) is 23.9 Å². The Hall–Kier alpha value is -2.24. The summed E-state index contributed by atoms with van der Waals surface area (Å²) in [5.74, 6) is -1.62. The van der Waals surface area contributed by atoms with Crippen LogP contribution in [0.25, 0.3) is 11.4 Å². The van der Waals surface area contributed by atoms with Gasteiger partial charge in [0.2, 0.25) is 5.82 Å². The molecule has 0 aliphatic heterocycles. The molecular formula is C15H12F3N3O3S2. The summed E-state index contributed by atoms with van der Waals surface area (Å²) in [6.07, 6.45) is -4.71. The molecule has 0 aliphatic carbocycles. The van der Waals surface area contributed by atoms with Gasteiger partial charge in [0, 0.05) is 11.6 Å². The van der Waals surface area contributed by atoms with E-state index in [4.69, 9.17) is 0 Å². The van der Waals surface area contributed by atoms with Crippen LogP contribution in [0.1, 0.15) is 24.4 Å². The molecule has 0 spiro atoms. The van der Waals surface area contributed by atoms with Crippen LogP contribution in [0.2, 0.25) is 0 Å². The van der Waals surface area contributed by atoms with E-state index in [9.17, 15) is 21.6 Å². The van der Waals surface area contributed by atoms with Crippen molar-refractivity contribution in [1.29, 1.82) is 0 Å². The molecular weight excluding hydrogens is 391 g/mol. The first kappa shape index (κ1) is 18.5. The average molecular weight is 403 g/mol. The lowest BCUT2D eigenvalue weighted by Gasteiger charge is -2.14. The number of alkyl halides is 3. The van der Waals surface area contributed by atoms with E-state index < -0.39 is 28.1 Å². The molecule has 0 radical (unpaired) electrons. The third kappa shape index (κ3) is 3.94. The van der Waals surface area contributed by atoms with E-state index in [0.29, 0.717) is 11.1 Å². The second kappa shape index (κ2) is 6.82. The molecule has 1 aromatic carbocycles. The molecule has 0 fully saturated rings. The van der Waals surface area contributed by atoms with E-state index in [2.05, 4.69) is 19.4 Å². The fraction of sp³-hybridized carbons (Fsp3) is 0.200. The first-order valence-electron chi connectivity index (χ1n) is 7.24. The molecule has 2 aromatic heterocycles. The molecule has 6 nitrogen and oxygen atoms in total. The Balaban J connectivity index is 1.76. The van der Waals surface area contributed by atoms with E-state index in [1.807, 2.05) is 0 Å². The van der Waals surface area contributed by atoms with Crippen molar-refractivity contribution in [3.8, 4) is 11.4 Å². The topological polar surface area (TPSA) is 85.1 Å². The Morgan fingerprint density at radius 1 is 1.19 bits per heavy atom. The Morgan fingerprint density at radius 2 is 1.88 bits per heavy atom. The lowest BCUT2D eigenvalue weighted by molar-refractivity contribution is -0.159. The minimum absolute atomic E-state index is 0.198. The van der Waals surface area contributed by atoms with Crippen molar-refractivity contribution < 1.29 is 26.1 Å². The van der Waals surface area contributed by atoms with E-state index in [0.717, 1.165) is 11.3 Å². The van der Waals surface area contributed by atoms with Crippen LogP contribution < -0.4 is 4.72 Å². The fourth-order valence-corrected chi connectivity index (χ4v) is 4.39. The quantitative estimate of drug-likeness (QED) is 0.699. The third-order valence-corrected chi connectivity index (χ3v) is 6.37. The summed E-state index contributed by atoms with van der Waals surface area (Å²) in [5, 5.41) is 4.97. The van der Waals surface area contributed by atoms with Gasteiger partial charge in [0.05, 0.1) is 0 Å². The Labute approximate surface area is 150 Å². The largest absolute Gasteiger partial charge is 0.471 e. The number of halogens is 3. The summed E-state index contributed by atoms with van der Waals surface area (Å²) in [6, 6.07) is 8.76. The van der Waals surface area contributed by atoms with E-state index in [1.165, 1.54) is 18.2 Å². The number of aromatic nitrogens is 2. The summed E-state index contributed by atoms with van der Waals surface area (Å²) < 4.78 is 68.9. The molecule has 1 N–H and O–H groups in total. The Morgan fingerprint density at radius 3 is 2.42 bits per heavy atom. The van der Waals surface area contributed by atoms with Crippen LogP contribution in [-0.4, -0.2) is 18.6 Å². The molecule has 1 unspecified atom stereocenters. The van der Waals surface area contributed by atoms with E-state index in [-0.39, 0.29) is 10.0 Å². The first-order chi connectivity index (χ1) is 12.2. The predicted octanol–water partition coefficient (Wildman–Crippen LogP) is 3.86. The highest BCUT2D eigenvalue weighted by atomic mass is 32.2. The highest BCUT2D eigenvalue weighted by molar-refractivity contribution is 7.91. The first-order valence-corrected chi connectivity index (χ1v) is 9.60. The predicted molar refractivity (Wildman–Crippen MR) is 87.8 cm³/mol. The standard InChI is InChI=1S/C15H12F3N3O3S2/c1-9(21-26(22,23)12-3-2-8-25-12)10-4-6-11(7-5-10)13-19-14(24-20-13)15(16,17)18/h2-9,21H,1H3. The van der Waals surface area contributed by atoms with Crippen LogP contribution in [0.3, 0.4) is 0 Å². The normalized spacial score (nSPS) is 13.7. The molecule has 0 saturated heterocycles. The fourth-order valence-electron chi connectivity index (χ4n) is 2.15. The van der Waals surface area contributed by atoms with Crippen molar-refractivity contribution in [2.24, 2.45) is 0 Å². The number of benzene rings is 1. The maximum absolute atomic E-state index is 12.5. The molecule has 3 aromatic rings. The smallest absolute Gasteiger partial charge is 0.329 e. The van der Waals surface area contributed by atoms with Crippen molar-refractivity contribution >= 4 is 21.4 Å². The number of hydrogen-bond donors (Lipinski definition) is 1. The lowest BCUT2D eigenvalue weighted by Crippen LogP contribution is -2.26. The van der Waals surface area contributed by atoms with Crippen LogP contribution in [0, 0.1) is 0 Å². The summed E-state index contributed by atoms with van der Waals surface area (Å²) in [7, 11) is -3.64. The van der Waals surface area contributed by atoms with Crippen molar-refractivity contribution in [1.82, 2.24) is 14.9 Å². The van der Waals surface area contributed by atoms with Gasteiger partial charge in [-0.15, -0.1) is 11.3 Å². The van der Waals surface area contributed by atoms with Crippen molar-refractivity contribution in [2.75, 3.05) is 0 Å². The van der Waals surface area contributed by atoms with Gasteiger partial charge in [0.15, 0.2) is 0 Å². The third-order valence-electron chi connectivity index (χ3n) is 3.43. The number of nitrogens with one attached hydrogen (secondary N) is 1. The summed E-state index contributed by atoms with van der Waals surface area (Å²) in [6.45, 7) is 1.66. The second-order valence-electron chi connectivity index (χ2n) is 5.32. The number of sulfonamides is 1. The highest BCUT2D eigenvalue weighted by Crippen LogP contribution is 2.29. The molecule has 11 heteroatoms. The molecule has 138 valence electrons. The Kier molecular flexibility index (Phi) is 4.86.